The molecule has 1 aromatic heterocycles. The quantitative estimate of drug-likeness (QED) is 0.856. The smallest absolute Gasteiger partial charge is 0.224 e. The molecule has 132 valence electrons. The number of nitriles is 1. The zero-order valence-corrected chi connectivity index (χ0v) is 14.7. The molecule has 2 aromatic rings. The van der Waals surface area contributed by atoms with Crippen LogP contribution in [0.3, 0.4) is 0 Å². The third kappa shape index (κ3) is 2.71. The van der Waals surface area contributed by atoms with E-state index < -0.39 is 5.41 Å². The summed E-state index contributed by atoms with van der Waals surface area (Å²) in [4.78, 5) is 18.5. The Hall–Kier alpha value is -2.91. The second-order valence-electron chi connectivity index (χ2n) is 6.78. The molecule has 2 aliphatic rings. The van der Waals surface area contributed by atoms with Crippen molar-refractivity contribution in [1.29, 1.82) is 5.26 Å². The van der Waals surface area contributed by atoms with Crippen LogP contribution in [0.2, 0.25) is 0 Å². The molecule has 0 saturated carbocycles. The molecule has 4 rings (SSSR count). The zero-order valence-electron chi connectivity index (χ0n) is 14.7. The average Bonchev–Trinajstić information content (AvgIpc) is 2.84. The van der Waals surface area contributed by atoms with Crippen molar-refractivity contribution in [3.63, 3.8) is 0 Å². The standard InChI is InChI=1S/C20H20N4O2/c1-14(25)24-12-15-3-2-8-22-19(15)23-17-5-4-16(11-18(17)24)20(13-21)6-9-26-10-7-20/h2-5,8,11H,6-7,9-10,12H2,1H3,(H,22,23). The first kappa shape index (κ1) is 16.6. The van der Waals surface area contributed by atoms with Crippen LogP contribution in [0, 0.1) is 11.3 Å². The first-order valence-electron chi connectivity index (χ1n) is 8.75. The molecule has 0 bridgehead atoms. The Morgan fingerprint density at radius 1 is 1.35 bits per heavy atom. The van der Waals surface area contributed by atoms with Crippen LogP contribution >= 0.6 is 0 Å². The van der Waals surface area contributed by atoms with Gasteiger partial charge in [-0.15, -0.1) is 0 Å². The van der Waals surface area contributed by atoms with Crippen LogP contribution < -0.4 is 10.2 Å². The van der Waals surface area contributed by atoms with Gasteiger partial charge >= 0.3 is 0 Å². The minimum absolute atomic E-state index is 0.0418. The third-order valence-electron chi connectivity index (χ3n) is 5.25. The van der Waals surface area contributed by atoms with Crippen molar-refractivity contribution in [1.82, 2.24) is 4.98 Å². The number of amides is 1. The monoisotopic (exact) mass is 348 g/mol. The summed E-state index contributed by atoms with van der Waals surface area (Å²) < 4.78 is 5.45. The van der Waals surface area contributed by atoms with Crippen molar-refractivity contribution < 1.29 is 9.53 Å². The van der Waals surface area contributed by atoms with Crippen LogP contribution in [-0.2, 0) is 21.5 Å². The number of nitrogens with one attached hydrogen (secondary N) is 1. The minimum atomic E-state index is -0.562. The van der Waals surface area contributed by atoms with E-state index in [1.165, 1.54) is 0 Å². The predicted octanol–water partition coefficient (Wildman–Crippen LogP) is 3.26. The fourth-order valence-corrected chi connectivity index (χ4v) is 3.69. The number of nitrogens with zero attached hydrogens (tertiary/aromatic N) is 3. The van der Waals surface area contributed by atoms with Crippen LogP contribution in [0.5, 0.6) is 0 Å². The van der Waals surface area contributed by atoms with Gasteiger partial charge < -0.3 is 15.0 Å². The molecule has 6 nitrogen and oxygen atoms in total. The number of rotatable bonds is 1. The first-order valence-corrected chi connectivity index (χ1v) is 8.75. The molecule has 0 aliphatic carbocycles. The van der Waals surface area contributed by atoms with Crippen molar-refractivity contribution >= 4 is 23.1 Å². The highest BCUT2D eigenvalue weighted by Crippen LogP contribution is 2.41. The van der Waals surface area contributed by atoms with Gasteiger partial charge in [0.25, 0.3) is 0 Å². The van der Waals surface area contributed by atoms with E-state index in [-0.39, 0.29) is 5.91 Å². The highest BCUT2D eigenvalue weighted by molar-refractivity contribution is 5.97. The fourth-order valence-electron chi connectivity index (χ4n) is 3.69. The van der Waals surface area contributed by atoms with Crippen molar-refractivity contribution in [3.05, 3.63) is 47.7 Å². The van der Waals surface area contributed by atoms with Gasteiger partial charge in [-0.25, -0.2) is 4.98 Å². The number of anilines is 3. The highest BCUT2D eigenvalue weighted by atomic mass is 16.5. The number of carbonyl (C=O) groups excluding carboxylic acids is 1. The maximum atomic E-state index is 12.4. The molecule has 0 atom stereocenters. The topological polar surface area (TPSA) is 78.3 Å². The lowest BCUT2D eigenvalue weighted by molar-refractivity contribution is -0.116. The number of aromatic nitrogens is 1. The van der Waals surface area contributed by atoms with E-state index in [0.29, 0.717) is 32.6 Å². The summed E-state index contributed by atoms with van der Waals surface area (Å²) >= 11 is 0. The van der Waals surface area contributed by atoms with Crippen LogP contribution in [0.15, 0.2) is 36.5 Å². The molecular weight excluding hydrogens is 328 g/mol. The van der Waals surface area contributed by atoms with Gasteiger partial charge in [0, 0.05) is 31.9 Å². The second kappa shape index (κ2) is 6.43. The zero-order chi connectivity index (χ0) is 18.1. The molecule has 0 radical (unpaired) electrons. The van der Waals surface area contributed by atoms with Gasteiger partial charge in [0.1, 0.15) is 5.82 Å². The van der Waals surface area contributed by atoms with E-state index in [1.54, 1.807) is 18.0 Å². The molecule has 0 unspecified atom stereocenters. The molecule has 1 amide bonds. The maximum Gasteiger partial charge on any atom is 0.224 e. The molecule has 1 N–H and O–H groups in total. The molecule has 6 heteroatoms. The Morgan fingerprint density at radius 2 is 2.15 bits per heavy atom. The maximum absolute atomic E-state index is 12.4. The van der Waals surface area contributed by atoms with E-state index in [4.69, 9.17) is 4.74 Å². The summed E-state index contributed by atoms with van der Waals surface area (Å²) in [6.45, 7) is 3.17. The SMILES string of the molecule is CC(=O)N1Cc2cccnc2Nc2ccc(C3(C#N)CCOCC3)cc21. The van der Waals surface area contributed by atoms with Crippen molar-refractivity contribution in [2.45, 2.75) is 31.7 Å². The van der Waals surface area contributed by atoms with Crippen LogP contribution in [0.25, 0.3) is 0 Å². The molecular formula is C20H20N4O2. The highest BCUT2D eigenvalue weighted by Gasteiger charge is 2.36. The number of hydrogen-bond acceptors (Lipinski definition) is 5. The van der Waals surface area contributed by atoms with E-state index in [1.807, 2.05) is 30.3 Å². The van der Waals surface area contributed by atoms with Crippen molar-refractivity contribution in [2.75, 3.05) is 23.4 Å². The molecule has 1 aromatic carbocycles. The Balaban J connectivity index is 1.82. The summed E-state index contributed by atoms with van der Waals surface area (Å²) in [5.74, 6) is 0.714. The Labute approximate surface area is 152 Å². The lowest BCUT2D eigenvalue weighted by atomic mass is 9.75. The first-order chi connectivity index (χ1) is 12.6. The normalized spacial score (nSPS) is 17.9. The Bertz CT molecular complexity index is 897. The largest absolute Gasteiger partial charge is 0.381 e. The Kier molecular flexibility index (Phi) is 4.09. The summed E-state index contributed by atoms with van der Waals surface area (Å²) in [5, 5.41) is 13.2. The lowest BCUT2D eigenvalue weighted by Gasteiger charge is -2.32. The van der Waals surface area contributed by atoms with Gasteiger partial charge in [-0.3, -0.25) is 4.79 Å². The number of ether oxygens (including phenoxy) is 1. The van der Waals surface area contributed by atoms with Crippen LogP contribution in [0.4, 0.5) is 17.2 Å². The molecule has 1 fully saturated rings. The molecule has 3 heterocycles. The summed E-state index contributed by atoms with van der Waals surface area (Å²) in [5.41, 5.74) is 2.94. The number of pyridine rings is 1. The second-order valence-corrected chi connectivity index (χ2v) is 6.78. The lowest BCUT2D eigenvalue weighted by Crippen LogP contribution is -2.33. The van der Waals surface area contributed by atoms with Crippen LogP contribution in [-0.4, -0.2) is 24.1 Å². The van der Waals surface area contributed by atoms with Crippen LogP contribution in [0.1, 0.15) is 30.9 Å². The van der Waals surface area contributed by atoms with Gasteiger partial charge in [0.2, 0.25) is 5.91 Å². The predicted molar refractivity (Wildman–Crippen MR) is 98.2 cm³/mol. The third-order valence-corrected chi connectivity index (χ3v) is 5.25. The minimum Gasteiger partial charge on any atom is -0.381 e. The molecule has 0 spiro atoms. The fraction of sp³-hybridized carbons (Fsp3) is 0.350. The number of hydrogen-bond donors (Lipinski definition) is 1. The average molecular weight is 348 g/mol. The summed E-state index contributed by atoms with van der Waals surface area (Å²) in [7, 11) is 0. The van der Waals surface area contributed by atoms with Crippen molar-refractivity contribution in [2.24, 2.45) is 0 Å². The number of carbonyl (C=O) groups is 1. The van der Waals surface area contributed by atoms with Gasteiger partial charge in [-0.05, 0) is 36.6 Å². The van der Waals surface area contributed by atoms with E-state index in [2.05, 4.69) is 16.4 Å². The van der Waals surface area contributed by atoms with E-state index in [9.17, 15) is 10.1 Å². The summed E-state index contributed by atoms with van der Waals surface area (Å²) in [6, 6.07) is 12.2. The van der Waals surface area contributed by atoms with Gasteiger partial charge in [-0.2, -0.15) is 5.26 Å². The molecule has 26 heavy (non-hydrogen) atoms. The van der Waals surface area contributed by atoms with Gasteiger partial charge in [0.05, 0.1) is 29.4 Å². The van der Waals surface area contributed by atoms with Gasteiger partial charge in [0.15, 0.2) is 0 Å². The number of benzene rings is 1. The number of fused-ring (bicyclic) bond motifs is 2. The van der Waals surface area contributed by atoms with Crippen molar-refractivity contribution in [3.8, 4) is 6.07 Å². The Morgan fingerprint density at radius 3 is 2.88 bits per heavy atom. The van der Waals surface area contributed by atoms with E-state index >= 15 is 0 Å². The van der Waals surface area contributed by atoms with E-state index in [0.717, 1.165) is 28.3 Å². The van der Waals surface area contributed by atoms with Gasteiger partial charge in [-0.1, -0.05) is 12.1 Å². The molecule has 1 saturated heterocycles. The molecule has 2 aliphatic heterocycles. The summed E-state index contributed by atoms with van der Waals surface area (Å²) in [6.07, 6.45) is 3.06.